The number of carbonyl (C=O) groups excluding carboxylic acids is 3. The van der Waals surface area contributed by atoms with Crippen LogP contribution in [0.1, 0.15) is 24.2 Å². The standard InChI is InChI=1S/C20H17ClO6/c1-3-25-19(23)17(20(24)26-4-2)18(22)11-5-7-13-14-10-12(21)6-8-15(14)27-16(13)9-11/h5-10,17H,3-4H2,1-2H3. The lowest BCUT2D eigenvalue weighted by Crippen LogP contribution is -2.35. The molecule has 0 spiro atoms. The van der Waals surface area contributed by atoms with Gasteiger partial charge in [-0.1, -0.05) is 17.7 Å². The topological polar surface area (TPSA) is 82.8 Å². The van der Waals surface area contributed by atoms with Gasteiger partial charge in [0.25, 0.3) is 0 Å². The third-order valence-electron chi connectivity index (χ3n) is 4.02. The van der Waals surface area contributed by atoms with E-state index in [-0.39, 0.29) is 18.8 Å². The molecule has 140 valence electrons. The van der Waals surface area contributed by atoms with Crippen molar-refractivity contribution in [2.45, 2.75) is 13.8 Å². The molecule has 3 aromatic rings. The van der Waals surface area contributed by atoms with Crippen molar-refractivity contribution in [3.63, 3.8) is 0 Å². The minimum atomic E-state index is -1.67. The second kappa shape index (κ2) is 7.80. The molecule has 0 saturated heterocycles. The monoisotopic (exact) mass is 388 g/mol. The van der Waals surface area contributed by atoms with Crippen molar-refractivity contribution in [1.82, 2.24) is 0 Å². The van der Waals surface area contributed by atoms with Gasteiger partial charge >= 0.3 is 11.9 Å². The number of hydrogen-bond acceptors (Lipinski definition) is 6. The zero-order chi connectivity index (χ0) is 19.6. The number of Topliss-reactive ketones (excluding diaryl/α,β-unsaturated/α-hetero) is 1. The van der Waals surface area contributed by atoms with E-state index >= 15 is 0 Å². The fourth-order valence-electron chi connectivity index (χ4n) is 2.83. The first-order valence-corrected chi connectivity index (χ1v) is 8.83. The molecule has 0 aliphatic carbocycles. The Kier molecular flexibility index (Phi) is 5.46. The Bertz CT molecular complexity index is 1020. The summed E-state index contributed by atoms with van der Waals surface area (Å²) in [5.74, 6) is -4.23. The van der Waals surface area contributed by atoms with Crippen LogP contribution in [0.25, 0.3) is 21.9 Å². The molecule has 2 aromatic carbocycles. The highest BCUT2D eigenvalue weighted by atomic mass is 35.5. The number of ketones is 1. The molecule has 6 nitrogen and oxygen atoms in total. The van der Waals surface area contributed by atoms with Gasteiger partial charge in [0.05, 0.1) is 13.2 Å². The zero-order valence-electron chi connectivity index (χ0n) is 14.8. The summed E-state index contributed by atoms with van der Waals surface area (Å²) in [5, 5.41) is 2.15. The number of ether oxygens (including phenoxy) is 2. The van der Waals surface area contributed by atoms with Crippen LogP contribution in [0.2, 0.25) is 5.02 Å². The normalized spacial score (nSPS) is 11.1. The predicted octanol–water partition coefficient (Wildman–Crippen LogP) is 4.16. The Morgan fingerprint density at radius 1 is 0.926 bits per heavy atom. The van der Waals surface area contributed by atoms with Crippen molar-refractivity contribution in [1.29, 1.82) is 0 Å². The van der Waals surface area contributed by atoms with Crippen LogP contribution < -0.4 is 0 Å². The maximum Gasteiger partial charge on any atom is 0.328 e. The summed E-state index contributed by atoms with van der Waals surface area (Å²) < 4.78 is 15.5. The van der Waals surface area contributed by atoms with E-state index in [1.54, 1.807) is 38.1 Å². The molecule has 3 rings (SSSR count). The first-order valence-electron chi connectivity index (χ1n) is 8.45. The summed E-state index contributed by atoms with van der Waals surface area (Å²) in [6.45, 7) is 3.28. The first-order chi connectivity index (χ1) is 13.0. The second-order valence-electron chi connectivity index (χ2n) is 5.75. The average Bonchev–Trinajstić information content (AvgIpc) is 2.99. The van der Waals surface area contributed by atoms with E-state index in [9.17, 15) is 14.4 Å². The zero-order valence-corrected chi connectivity index (χ0v) is 15.5. The number of furan rings is 1. The lowest BCUT2D eigenvalue weighted by Gasteiger charge is -2.13. The Morgan fingerprint density at radius 3 is 2.22 bits per heavy atom. The van der Waals surface area contributed by atoms with Crippen molar-refractivity contribution >= 4 is 51.3 Å². The summed E-state index contributed by atoms with van der Waals surface area (Å²) in [5.41, 5.74) is 1.22. The number of esters is 2. The van der Waals surface area contributed by atoms with E-state index in [1.807, 2.05) is 0 Å². The minimum Gasteiger partial charge on any atom is -0.465 e. The maximum atomic E-state index is 12.8. The molecule has 0 saturated carbocycles. The molecule has 0 atom stereocenters. The average molecular weight is 389 g/mol. The van der Waals surface area contributed by atoms with Crippen LogP contribution >= 0.6 is 11.6 Å². The molecule has 27 heavy (non-hydrogen) atoms. The van der Waals surface area contributed by atoms with E-state index in [0.717, 1.165) is 10.8 Å². The van der Waals surface area contributed by atoms with Gasteiger partial charge in [-0.2, -0.15) is 0 Å². The van der Waals surface area contributed by atoms with Crippen LogP contribution in [-0.2, 0) is 19.1 Å². The third-order valence-corrected chi connectivity index (χ3v) is 4.26. The van der Waals surface area contributed by atoms with Crippen molar-refractivity contribution in [2.75, 3.05) is 13.2 Å². The molecule has 0 N–H and O–H groups in total. The molecule has 1 aromatic heterocycles. The number of rotatable bonds is 6. The quantitative estimate of drug-likeness (QED) is 0.358. The number of fused-ring (bicyclic) bond motifs is 3. The van der Waals surface area contributed by atoms with Gasteiger partial charge in [0.1, 0.15) is 11.2 Å². The lowest BCUT2D eigenvalue weighted by atomic mass is 9.96. The van der Waals surface area contributed by atoms with Crippen molar-refractivity contribution in [3.8, 4) is 0 Å². The van der Waals surface area contributed by atoms with Gasteiger partial charge in [-0.25, -0.2) is 0 Å². The SMILES string of the molecule is CCOC(=O)C(C(=O)OCC)C(=O)c1ccc2c(c1)oc1ccc(Cl)cc12. The van der Waals surface area contributed by atoms with Crippen LogP contribution in [0.15, 0.2) is 40.8 Å². The van der Waals surface area contributed by atoms with E-state index in [4.69, 9.17) is 25.5 Å². The molecule has 0 aliphatic heterocycles. The van der Waals surface area contributed by atoms with Crippen LogP contribution in [0.4, 0.5) is 0 Å². The van der Waals surface area contributed by atoms with Crippen LogP contribution in [0, 0.1) is 5.92 Å². The largest absolute Gasteiger partial charge is 0.465 e. The highest BCUT2D eigenvalue weighted by Crippen LogP contribution is 2.31. The van der Waals surface area contributed by atoms with Gasteiger partial charge < -0.3 is 13.9 Å². The minimum absolute atomic E-state index is 0.0470. The second-order valence-corrected chi connectivity index (χ2v) is 6.19. The molecule has 1 heterocycles. The van der Waals surface area contributed by atoms with Gasteiger partial charge in [0.2, 0.25) is 5.92 Å². The van der Waals surface area contributed by atoms with Gasteiger partial charge in [0, 0.05) is 21.4 Å². The van der Waals surface area contributed by atoms with E-state index in [2.05, 4.69) is 0 Å². The summed E-state index contributed by atoms with van der Waals surface area (Å²) in [6.07, 6.45) is 0. The van der Waals surface area contributed by atoms with Gasteiger partial charge in [-0.3, -0.25) is 14.4 Å². The lowest BCUT2D eigenvalue weighted by molar-refractivity contribution is -0.158. The molecule has 0 radical (unpaired) electrons. The van der Waals surface area contributed by atoms with E-state index in [1.165, 1.54) is 12.1 Å². The molecule has 0 fully saturated rings. The summed E-state index contributed by atoms with van der Waals surface area (Å²) in [7, 11) is 0. The Labute approximate surface area is 160 Å². The smallest absolute Gasteiger partial charge is 0.328 e. The molecule has 0 amide bonds. The molecule has 0 bridgehead atoms. The highest BCUT2D eigenvalue weighted by molar-refractivity contribution is 6.31. The van der Waals surface area contributed by atoms with Crippen molar-refractivity contribution < 1.29 is 28.3 Å². The number of hydrogen-bond donors (Lipinski definition) is 0. The van der Waals surface area contributed by atoms with E-state index < -0.39 is 23.6 Å². The van der Waals surface area contributed by atoms with Gasteiger partial charge in [-0.05, 0) is 44.2 Å². The van der Waals surface area contributed by atoms with Gasteiger partial charge in [-0.15, -0.1) is 0 Å². The van der Waals surface area contributed by atoms with E-state index in [0.29, 0.717) is 16.2 Å². The molecule has 7 heteroatoms. The number of benzene rings is 2. The summed E-state index contributed by atoms with van der Waals surface area (Å²) >= 11 is 6.03. The molecular weight excluding hydrogens is 372 g/mol. The molecule has 0 aliphatic rings. The van der Waals surface area contributed by atoms with Crippen molar-refractivity contribution in [2.24, 2.45) is 5.92 Å². The molecular formula is C20H17ClO6. The summed E-state index contributed by atoms with van der Waals surface area (Å²) in [4.78, 5) is 37.1. The van der Waals surface area contributed by atoms with Crippen LogP contribution in [-0.4, -0.2) is 30.9 Å². The predicted molar refractivity (Wildman–Crippen MR) is 99.8 cm³/mol. The molecule has 0 unspecified atom stereocenters. The van der Waals surface area contributed by atoms with Crippen LogP contribution in [0.3, 0.4) is 0 Å². The maximum absolute atomic E-state index is 12.8. The highest BCUT2D eigenvalue weighted by Gasteiger charge is 2.37. The first kappa shape index (κ1) is 18.9. The summed E-state index contributed by atoms with van der Waals surface area (Å²) in [6, 6.07) is 9.93. The number of halogens is 1. The Morgan fingerprint density at radius 2 is 1.59 bits per heavy atom. The number of carbonyl (C=O) groups is 3. The van der Waals surface area contributed by atoms with Crippen molar-refractivity contribution in [3.05, 3.63) is 47.0 Å². The Hall–Kier alpha value is -2.86. The fourth-order valence-corrected chi connectivity index (χ4v) is 3.00. The third kappa shape index (κ3) is 3.66. The fraction of sp³-hybridized carbons (Fsp3) is 0.250. The Balaban J connectivity index is 2.03. The van der Waals surface area contributed by atoms with Crippen LogP contribution in [0.5, 0.6) is 0 Å². The van der Waals surface area contributed by atoms with Gasteiger partial charge in [0.15, 0.2) is 5.78 Å².